The summed E-state index contributed by atoms with van der Waals surface area (Å²) in [6.45, 7) is 4.56. The van der Waals surface area contributed by atoms with Crippen LogP contribution in [0.15, 0.2) is 18.5 Å². The summed E-state index contributed by atoms with van der Waals surface area (Å²) in [4.78, 5) is 0. The van der Waals surface area contributed by atoms with Gasteiger partial charge < -0.3 is 10.6 Å². The highest BCUT2D eigenvalue weighted by Gasteiger charge is 1.91. The lowest BCUT2D eigenvalue weighted by Gasteiger charge is -2.11. The maximum absolute atomic E-state index is 3.42. The lowest BCUT2D eigenvalue weighted by atomic mass is 10.4. The highest BCUT2D eigenvalue weighted by atomic mass is 32.1. The van der Waals surface area contributed by atoms with Gasteiger partial charge in [0, 0.05) is 26.2 Å². The molecule has 1 fully saturated rings. The van der Waals surface area contributed by atoms with Gasteiger partial charge in [-0.15, -0.1) is 10.2 Å². The first-order valence-corrected chi connectivity index (χ1v) is 4.00. The molecule has 0 amide bonds. The highest BCUT2D eigenvalue weighted by molar-refractivity contribution is 7.59. The van der Waals surface area contributed by atoms with E-state index in [4.69, 9.17) is 0 Å². The third kappa shape index (κ3) is 7.63. The van der Waals surface area contributed by atoms with Crippen LogP contribution in [0.3, 0.4) is 0 Å². The van der Waals surface area contributed by atoms with E-state index in [1.807, 2.05) is 0 Å². The summed E-state index contributed by atoms with van der Waals surface area (Å²) >= 11 is 0. The average molecular weight is 201 g/mol. The number of hydrogen-bond acceptors (Lipinski definition) is 5. The normalized spacial score (nSPS) is 14.8. The van der Waals surface area contributed by atoms with E-state index in [9.17, 15) is 0 Å². The van der Waals surface area contributed by atoms with Crippen molar-refractivity contribution in [1.82, 2.24) is 26.0 Å². The smallest absolute Gasteiger partial charge is 0.0529 e. The molecular formula is C7H15N5S. The van der Waals surface area contributed by atoms with Crippen LogP contribution in [0.25, 0.3) is 0 Å². The van der Waals surface area contributed by atoms with E-state index in [-0.39, 0.29) is 13.5 Å². The molecule has 74 valence electrons. The molecule has 2 N–H and O–H groups in total. The van der Waals surface area contributed by atoms with Crippen LogP contribution in [0.1, 0.15) is 0 Å². The van der Waals surface area contributed by atoms with Gasteiger partial charge >= 0.3 is 0 Å². The molecule has 1 aliphatic rings. The third-order valence-electron chi connectivity index (χ3n) is 1.37. The van der Waals surface area contributed by atoms with Crippen molar-refractivity contribution in [3.8, 4) is 0 Å². The van der Waals surface area contributed by atoms with Gasteiger partial charge in [-0.2, -0.15) is 13.5 Å². The molecule has 1 saturated heterocycles. The number of rotatable bonds is 0. The molecule has 0 saturated carbocycles. The second kappa shape index (κ2) is 9.37. The zero-order chi connectivity index (χ0) is 8.49. The Bertz CT molecular complexity index is 141. The Morgan fingerprint density at radius 3 is 1.46 bits per heavy atom. The topological polar surface area (TPSA) is 62.7 Å². The minimum atomic E-state index is 0. The molecule has 6 heteroatoms. The molecule has 1 aromatic rings. The maximum atomic E-state index is 3.42. The summed E-state index contributed by atoms with van der Waals surface area (Å²) in [5.74, 6) is 0. The molecule has 0 unspecified atom stereocenters. The molecule has 5 nitrogen and oxygen atoms in total. The van der Waals surface area contributed by atoms with Crippen molar-refractivity contribution in [3.05, 3.63) is 18.5 Å². The van der Waals surface area contributed by atoms with Crippen molar-refractivity contribution in [2.75, 3.05) is 26.2 Å². The van der Waals surface area contributed by atoms with E-state index in [2.05, 4.69) is 26.0 Å². The molecule has 0 aromatic carbocycles. The summed E-state index contributed by atoms with van der Waals surface area (Å²) in [5.41, 5.74) is 0. The van der Waals surface area contributed by atoms with Gasteiger partial charge in [0.2, 0.25) is 0 Å². The minimum Gasteiger partial charge on any atom is -0.314 e. The number of piperazine rings is 1. The minimum absolute atomic E-state index is 0. The number of hydrogen-bond donors (Lipinski definition) is 2. The van der Waals surface area contributed by atoms with Crippen LogP contribution >= 0.6 is 13.5 Å². The second-order valence-electron chi connectivity index (χ2n) is 2.31. The first kappa shape index (κ1) is 12.3. The highest BCUT2D eigenvalue weighted by Crippen LogP contribution is 1.65. The summed E-state index contributed by atoms with van der Waals surface area (Å²) in [6, 6.07) is 1.72. The Hall–Kier alpha value is -0.720. The van der Waals surface area contributed by atoms with Crippen LogP contribution in [0.5, 0.6) is 0 Å². The van der Waals surface area contributed by atoms with E-state index in [0.717, 1.165) is 26.2 Å². The lowest BCUT2D eigenvalue weighted by molar-refractivity contribution is 0.534. The standard InChI is InChI=1S/C4H10N2.C3H3N3.H2S/c1-2-6-4-3-5-1;1-2-4-6-5-3-1;/h5-6H,1-4H2;1-3H;1H2. The van der Waals surface area contributed by atoms with Crippen molar-refractivity contribution in [1.29, 1.82) is 0 Å². The Morgan fingerprint density at radius 2 is 1.31 bits per heavy atom. The zero-order valence-electron chi connectivity index (χ0n) is 7.40. The van der Waals surface area contributed by atoms with Gasteiger partial charge in [-0.05, 0) is 11.3 Å². The fourth-order valence-electron chi connectivity index (χ4n) is 0.808. The third-order valence-corrected chi connectivity index (χ3v) is 1.37. The zero-order valence-corrected chi connectivity index (χ0v) is 8.40. The van der Waals surface area contributed by atoms with Crippen molar-refractivity contribution in [3.63, 3.8) is 0 Å². The largest absolute Gasteiger partial charge is 0.314 e. The quantitative estimate of drug-likeness (QED) is 0.573. The van der Waals surface area contributed by atoms with Gasteiger partial charge in [0.05, 0.1) is 12.4 Å². The van der Waals surface area contributed by atoms with Crippen molar-refractivity contribution >= 4 is 13.5 Å². The van der Waals surface area contributed by atoms with Gasteiger partial charge in [0.15, 0.2) is 0 Å². The van der Waals surface area contributed by atoms with E-state index in [1.165, 1.54) is 0 Å². The molecule has 1 aromatic heterocycles. The lowest BCUT2D eigenvalue weighted by Crippen LogP contribution is -2.39. The first-order valence-electron chi connectivity index (χ1n) is 4.00. The molecule has 2 heterocycles. The number of nitrogens with one attached hydrogen (secondary N) is 2. The Balaban J connectivity index is 0.000000206. The molecule has 1 aliphatic heterocycles. The summed E-state index contributed by atoms with van der Waals surface area (Å²) in [5, 5.41) is 16.6. The molecular weight excluding hydrogens is 186 g/mol. The Morgan fingerprint density at radius 1 is 0.846 bits per heavy atom. The number of aromatic nitrogens is 3. The van der Waals surface area contributed by atoms with Gasteiger partial charge in [-0.1, -0.05) is 0 Å². The molecule has 0 bridgehead atoms. The van der Waals surface area contributed by atoms with Gasteiger partial charge in [-0.3, -0.25) is 0 Å². The van der Waals surface area contributed by atoms with Crippen LogP contribution in [-0.2, 0) is 0 Å². The molecule has 0 aliphatic carbocycles. The Kier molecular flexibility index (Phi) is 8.85. The van der Waals surface area contributed by atoms with Crippen molar-refractivity contribution < 1.29 is 0 Å². The van der Waals surface area contributed by atoms with Crippen LogP contribution in [-0.4, -0.2) is 41.6 Å². The van der Waals surface area contributed by atoms with Crippen molar-refractivity contribution in [2.45, 2.75) is 0 Å². The first-order chi connectivity index (χ1) is 6.00. The van der Waals surface area contributed by atoms with Gasteiger partial charge in [0.25, 0.3) is 0 Å². The second-order valence-corrected chi connectivity index (χ2v) is 2.31. The fourth-order valence-corrected chi connectivity index (χ4v) is 0.808. The maximum Gasteiger partial charge on any atom is 0.0529 e. The summed E-state index contributed by atoms with van der Waals surface area (Å²) in [6.07, 6.45) is 3.15. The van der Waals surface area contributed by atoms with Crippen LogP contribution in [0, 0.1) is 0 Å². The van der Waals surface area contributed by atoms with E-state index in [0.29, 0.717) is 0 Å². The van der Waals surface area contributed by atoms with Crippen LogP contribution < -0.4 is 10.6 Å². The predicted octanol–water partition coefficient (Wildman–Crippen LogP) is -0.836. The van der Waals surface area contributed by atoms with Crippen molar-refractivity contribution in [2.24, 2.45) is 0 Å². The molecule has 0 radical (unpaired) electrons. The molecule has 0 spiro atoms. The molecule has 2 rings (SSSR count). The van der Waals surface area contributed by atoms with Crippen LogP contribution in [0.4, 0.5) is 0 Å². The average Bonchev–Trinajstić information content (AvgIpc) is 2.24. The van der Waals surface area contributed by atoms with Gasteiger partial charge in [0.1, 0.15) is 0 Å². The monoisotopic (exact) mass is 201 g/mol. The molecule has 0 atom stereocenters. The van der Waals surface area contributed by atoms with E-state index < -0.39 is 0 Å². The Labute approximate surface area is 84.8 Å². The van der Waals surface area contributed by atoms with E-state index in [1.54, 1.807) is 18.5 Å². The summed E-state index contributed by atoms with van der Waals surface area (Å²) in [7, 11) is 0. The number of nitrogens with zero attached hydrogens (tertiary/aromatic N) is 3. The van der Waals surface area contributed by atoms with Gasteiger partial charge in [-0.25, -0.2) is 0 Å². The molecule has 13 heavy (non-hydrogen) atoms. The van der Waals surface area contributed by atoms with Crippen LogP contribution in [0.2, 0.25) is 0 Å². The predicted molar refractivity (Wildman–Crippen MR) is 55.9 cm³/mol. The summed E-state index contributed by atoms with van der Waals surface area (Å²) < 4.78 is 0. The fraction of sp³-hybridized carbons (Fsp3) is 0.571. The van der Waals surface area contributed by atoms with E-state index >= 15 is 0 Å². The SMILES string of the molecule is C1CNCCN1.S.c1cnnnc1.